The Morgan fingerprint density at radius 3 is 2.58 bits per heavy atom. The number of rotatable bonds is 6. The summed E-state index contributed by atoms with van der Waals surface area (Å²) in [6, 6.07) is 0. The molecule has 1 saturated heterocycles. The highest BCUT2D eigenvalue weighted by Crippen LogP contribution is 2.49. The van der Waals surface area contributed by atoms with Crippen LogP contribution in [0.3, 0.4) is 0 Å². The van der Waals surface area contributed by atoms with Gasteiger partial charge in [-0.3, -0.25) is 4.79 Å². The Labute approximate surface area is 144 Å². The van der Waals surface area contributed by atoms with Crippen molar-refractivity contribution in [2.75, 3.05) is 0 Å². The zero-order valence-electron chi connectivity index (χ0n) is 15.3. The number of Topliss-reactive ketones (excluding diaryl/α,β-unsaturated/α-hetero) is 1. The van der Waals surface area contributed by atoms with Crippen molar-refractivity contribution < 1.29 is 19.1 Å². The third-order valence-electron chi connectivity index (χ3n) is 4.77. The molecule has 24 heavy (non-hydrogen) atoms. The molecule has 0 bridgehead atoms. The highest BCUT2D eigenvalue weighted by molar-refractivity contribution is 5.91. The number of fused-ring (bicyclic) bond motifs is 1. The molecule has 0 aromatic rings. The molecular weight excluding hydrogens is 304 g/mol. The van der Waals surface area contributed by atoms with Gasteiger partial charge in [-0.25, -0.2) is 4.79 Å². The number of carbonyl (C=O) groups excluding carboxylic acids is 2. The summed E-state index contributed by atoms with van der Waals surface area (Å²) in [4.78, 5) is 24.3. The molecular formula is C20H28O4. The number of carbonyl (C=O) groups is 2. The molecule has 0 amide bonds. The Hall–Kier alpha value is -1.68. The molecule has 0 radical (unpaired) electrons. The monoisotopic (exact) mass is 332 g/mol. The molecule has 4 unspecified atom stereocenters. The Kier molecular flexibility index (Phi) is 5.49. The topological polar surface area (TPSA) is 55.9 Å². The van der Waals surface area contributed by atoms with E-state index < -0.39 is 11.7 Å². The molecule has 2 aliphatic rings. The molecule has 1 saturated carbocycles. The summed E-state index contributed by atoms with van der Waals surface area (Å²) in [6.07, 6.45) is 4.85. The minimum atomic E-state index is -0.578. The Bertz CT molecular complexity index is 605. The van der Waals surface area contributed by atoms with E-state index >= 15 is 0 Å². The normalized spacial score (nSPS) is 29.1. The summed E-state index contributed by atoms with van der Waals surface area (Å²) in [5, 5.41) is 0. The highest BCUT2D eigenvalue weighted by atomic mass is 16.6. The maximum absolute atomic E-state index is 12.2. The quantitative estimate of drug-likeness (QED) is 0.320. The molecule has 4 atom stereocenters. The molecule has 2 rings (SSSR count). The Morgan fingerprint density at radius 2 is 2.04 bits per heavy atom. The average molecular weight is 332 g/mol. The minimum Gasteiger partial charge on any atom is -0.454 e. The van der Waals surface area contributed by atoms with E-state index in [2.05, 4.69) is 6.58 Å². The van der Waals surface area contributed by atoms with Gasteiger partial charge in [0.15, 0.2) is 5.78 Å². The number of hydrogen-bond donors (Lipinski definition) is 0. The number of allylic oxidation sites excluding steroid dienone is 2. The highest BCUT2D eigenvalue weighted by Gasteiger charge is 2.61. The fourth-order valence-electron chi connectivity index (χ4n) is 3.12. The lowest BCUT2D eigenvalue weighted by Crippen LogP contribution is -2.35. The van der Waals surface area contributed by atoms with Crippen LogP contribution in [-0.4, -0.2) is 29.6 Å². The number of hydrogen-bond acceptors (Lipinski definition) is 4. The van der Waals surface area contributed by atoms with Gasteiger partial charge in [0.2, 0.25) is 0 Å². The number of ether oxygens (including phenoxy) is 2. The Balaban J connectivity index is 2.09. The van der Waals surface area contributed by atoms with Crippen LogP contribution in [0.5, 0.6) is 0 Å². The van der Waals surface area contributed by atoms with Crippen molar-refractivity contribution in [3.8, 4) is 0 Å². The van der Waals surface area contributed by atoms with E-state index in [0.29, 0.717) is 12.8 Å². The maximum Gasteiger partial charge on any atom is 0.331 e. The van der Waals surface area contributed by atoms with E-state index in [-0.39, 0.29) is 23.8 Å². The molecule has 132 valence electrons. The first-order valence-electron chi connectivity index (χ1n) is 8.52. The first kappa shape index (κ1) is 18.7. The second-order valence-electron chi connectivity index (χ2n) is 7.51. The van der Waals surface area contributed by atoms with Crippen LogP contribution in [0, 0.1) is 5.92 Å². The van der Waals surface area contributed by atoms with Crippen LogP contribution < -0.4 is 0 Å². The zero-order valence-corrected chi connectivity index (χ0v) is 15.3. The van der Waals surface area contributed by atoms with Gasteiger partial charge in [0.05, 0.1) is 6.10 Å². The first-order chi connectivity index (χ1) is 11.1. The van der Waals surface area contributed by atoms with Crippen molar-refractivity contribution in [3.63, 3.8) is 0 Å². The fraction of sp³-hybridized carbons (Fsp3) is 0.600. The number of epoxide rings is 1. The molecule has 1 aliphatic carbocycles. The van der Waals surface area contributed by atoms with Gasteiger partial charge in [-0.2, -0.15) is 0 Å². The van der Waals surface area contributed by atoms with Gasteiger partial charge in [-0.1, -0.05) is 23.8 Å². The molecule has 2 fully saturated rings. The summed E-state index contributed by atoms with van der Waals surface area (Å²) >= 11 is 0. The fourth-order valence-corrected chi connectivity index (χ4v) is 3.12. The van der Waals surface area contributed by atoms with Gasteiger partial charge < -0.3 is 9.47 Å². The van der Waals surface area contributed by atoms with Gasteiger partial charge in [0.1, 0.15) is 11.7 Å². The molecule has 0 spiro atoms. The lowest BCUT2D eigenvalue weighted by Gasteiger charge is -2.28. The smallest absolute Gasteiger partial charge is 0.331 e. The summed E-state index contributed by atoms with van der Waals surface area (Å²) < 4.78 is 11.2. The van der Waals surface area contributed by atoms with Crippen LogP contribution in [0.2, 0.25) is 0 Å². The maximum atomic E-state index is 12.2. The van der Waals surface area contributed by atoms with Crippen molar-refractivity contribution in [3.05, 3.63) is 35.5 Å². The number of esters is 1. The predicted octanol–water partition coefficient (Wildman–Crippen LogP) is 3.91. The van der Waals surface area contributed by atoms with E-state index in [0.717, 1.165) is 23.1 Å². The predicted molar refractivity (Wildman–Crippen MR) is 93.5 cm³/mol. The third-order valence-corrected chi connectivity index (χ3v) is 4.77. The van der Waals surface area contributed by atoms with Gasteiger partial charge in [0.25, 0.3) is 0 Å². The lowest BCUT2D eigenvalue weighted by molar-refractivity contribution is -0.141. The van der Waals surface area contributed by atoms with Crippen molar-refractivity contribution in [2.24, 2.45) is 5.92 Å². The van der Waals surface area contributed by atoms with Gasteiger partial charge in [-0.15, -0.1) is 0 Å². The van der Waals surface area contributed by atoms with E-state index in [1.807, 2.05) is 40.7 Å². The summed E-state index contributed by atoms with van der Waals surface area (Å²) in [5.74, 6) is -0.229. The van der Waals surface area contributed by atoms with E-state index in [9.17, 15) is 9.59 Å². The van der Waals surface area contributed by atoms with Crippen LogP contribution in [-0.2, 0) is 19.1 Å². The summed E-state index contributed by atoms with van der Waals surface area (Å²) in [5.41, 5.74) is 2.28. The van der Waals surface area contributed by atoms with Crippen molar-refractivity contribution >= 4 is 11.8 Å². The lowest BCUT2D eigenvalue weighted by atomic mass is 9.77. The third kappa shape index (κ3) is 4.23. The van der Waals surface area contributed by atoms with Crippen molar-refractivity contribution in [1.29, 1.82) is 0 Å². The second kappa shape index (κ2) is 7.06. The average Bonchev–Trinajstić information content (AvgIpc) is 3.14. The Morgan fingerprint density at radius 1 is 1.38 bits per heavy atom. The molecule has 0 aromatic carbocycles. The number of ketones is 1. The molecule has 1 aliphatic heterocycles. The van der Waals surface area contributed by atoms with Gasteiger partial charge in [0, 0.05) is 18.9 Å². The van der Waals surface area contributed by atoms with E-state index in [1.54, 1.807) is 0 Å². The second-order valence-corrected chi connectivity index (χ2v) is 7.51. The molecule has 4 nitrogen and oxygen atoms in total. The molecule has 0 aromatic heterocycles. The largest absolute Gasteiger partial charge is 0.454 e. The van der Waals surface area contributed by atoms with Crippen molar-refractivity contribution in [1.82, 2.24) is 0 Å². The standard InChI is InChI=1S/C20H28O4/c1-12(2)7-8-16(23-19(22)9-13(3)4)14(5)15-10-17(21)20(6)18(11-15)24-20/h7,9,15-16,18H,5,8,10-11H2,1-4,6H3. The van der Waals surface area contributed by atoms with Gasteiger partial charge >= 0.3 is 5.97 Å². The summed E-state index contributed by atoms with van der Waals surface area (Å²) in [6.45, 7) is 13.7. The van der Waals surface area contributed by atoms with E-state index in [4.69, 9.17) is 9.47 Å². The minimum absolute atomic E-state index is 0.00754. The van der Waals surface area contributed by atoms with Crippen LogP contribution in [0.15, 0.2) is 35.5 Å². The van der Waals surface area contributed by atoms with E-state index in [1.165, 1.54) is 6.08 Å². The van der Waals surface area contributed by atoms with Gasteiger partial charge in [-0.05, 0) is 52.5 Å². The summed E-state index contributed by atoms with van der Waals surface area (Å²) in [7, 11) is 0. The molecule has 4 heteroatoms. The van der Waals surface area contributed by atoms with Crippen LogP contribution in [0.1, 0.15) is 53.9 Å². The van der Waals surface area contributed by atoms with Crippen molar-refractivity contribution in [2.45, 2.75) is 71.7 Å². The molecule has 1 heterocycles. The molecule has 0 N–H and O–H groups in total. The van der Waals surface area contributed by atoms with Crippen LogP contribution in [0.4, 0.5) is 0 Å². The SMILES string of the molecule is C=C(C1CC(=O)C2(C)OC2C1)C(CC=C(C)C)OC(=O)C=C(C)C. The van der Waals surface area contributed by atoms with Crippen LogP contribution >= 0.6 is 0 Å². The zero-order chi connectivity index (χ0) is 18.1. The first-order valence-corrected chi connectivity index (χ1v) is 8.52. The van der Waals surface area contributed by atoms with Crippen LogP contribution in [0.25, 0.3) is 0 Å².